The highest BCUT2D eigenvalue weighted by molar-refractivity contribution is 9.10. The number of nitrogens with one attached hydrogen (secondary N) is 1. The zero-order valence-electron chi connectivity index (χ0n) is 12.9. The second kappa shape index (κ2) is 6.84. The molecule has 6 nitrogen and oxygen atoms in total. The number of rotatable bonds is 4. The number of aromatic nitrogens is 2. The Morgan fingerprint density at radius 2 is 2.17 bits per heavy atom. The third-order valence-electron chi connectivity index (χ3n) is 3.57. The summed E-state index contributed by atoms with van der Waals surface area (Å²) in [6.45, 7) is 0. The number of phenolic OH excluding ortho intramolecular Hbond substituents is 1. The topological polar surface area (TPSA) is 79.5 Å². The van der Waals surface area contributed by atoms with Gasteiger partial charge in [-0.1, -0.05) is 12.1 Å². The van der Waals surface area contributed by atoms with Crippen LogP contribution < -0.4 is 5.43 Å². The average molecular weight is 387 g/mol. The maximum absolute atomic E-state index is 12.0. The second-order valence-corrected chi connectivity index (χ2v) is 6.11. The molecule has 3 aromatic rings. The van der Waals surface area contributed by atoms with Crippen molar-refractivity contribution in [2.24, 2.45) is 12.1 Å². The minimum absolute atomic E-state index is 0.141. The lowest BCUT2D eigenvalue weighted by Crippen LogP contribution is -2.21. The van der Waals surface area contributed by atoms with E-state index in [1.54, 1.807) is 18.2 Å². The van der Waals surface area contributed by atoms with Gasteiger partial charge in [0, 0.05) is 7.05 Å². The Bertz CT molecular complexity index is 933. The fourth-order valence-corrected chi connectivity index (χ4v) is 2.72. The van der Waals surface area contributed by atoms with Gasteiger partial charge in [-0.3, -0.25) is 4.79 Å². The molecule has 1 heterocycles. The number of imidazole rings is 1. The number of aromatic hydroxyl groups is 1. The molecule has 0 saturated heterocycles. The molecule has 0 spiro atoms. The molecule has 0 fully saturated rings. The molecule has 0 radical (unpaired) electrons. The lowest BCUT2D eigenvalue weighted by Gasteiger charge is -2.02. The number of aryl methyl sites for hydroxylation is 1. The van der Waals surface area contributed by atoms with E-state index in [9.17, 15) is 9.90 Å². The van der Waals surface area contributed by atoms with Gasteiger partial charge in [0.25, 0.3) is 0 Å². The van der Waals surface area contributed by atoms with Crippen LogP contribution in [-0.4, -0.2) is 26.8 Å². The number of benzene rings is 2. The van der Waals surface area contributed by atoms with E-state index in [0.717, 1.165) is 16.6 Å². The van der Waals surface area contributed by atoms with Crippen molar-refractivity contribution in [3.05, 3.63) is 58.3 Å². The summed E-state index contributed by atoms with van der Waals surface area (Å²) in [5.41, 5.74) is 5.08. The zero-order valence-corrected chi connectivity index (χ0v) is 14.5. The molecule has 0 unspecified atom stereocenters. The van der Waals surface area contributed by atoms with Gasteiger partial charge in [0.05, 0.1) is 28.1 Å². The largest absolute Gasteiger partial charge is 0.507 e. The molecule has 24 heavy (non-hydrogen) atoms. The first-order valence-electron chi connectivity index (χ1n) is 7.25. The minimum Gasteiger partial charge on any atom is -0.507 e. The molecule has 0 aliphatic rings. The Labute approximate surface area is 147 Å². The number of halogens is 1. The van der Waals surface area contributed by atoms with Gasteiger partial charge in [-0.2, -0.15) is 5.10 Å². The first-order valence-corrected chi connectivity index (χ1v) is 8.04. The van der Waals surface area contributed by atoms with E-state index in [-0.39, 0.29) is 18.1 Å². The normalized spacial score (nSPS) is 11.2. The SMILES string of the molecule is Cn1c(CC(=O)NN=Cc2ccc(O)c(Br)c2)nc2ccccc21. The Morgan fingerprint density at radius 1 is 1.38 bits per heavy atom. The minimum atomic E-state index is -0.248. The van der Waals surface area contributed by atoms with Crippen molar-refractivity contribution >= 4 is 39.1 Å². The number of para-hydroxylation sites is 2. The van der Waals surface area contributed by atoms with Crippen LogP contribution in [0.25, 0.3) is 11.0 Å². The highest BCUT2D eigenvalue weighted by Gasteiger charge is 2.10. The maximum Gasteiger partial charge on any atom is 0.247 e. The first kappa shape index (κ1) is 16.2. The monoisotopic (exact) mass is 386 g/mol. The van der Waals surface area contributed by atoms with Crippen LogP contribution in [0, 0.1) is 0 Å². The summed E-state index contributed by atoms with van der Waals surface area (Å²) < 4.78 is 2.47. The summed E-state index contributed by atoms with van der Waals surface area (Å²) in [7, 11) is 1.88. The van der Waals surface area contributed by atoms with Crippen LogP contribution in [-0.2, 0) is 18.3 Å². The number of carbonyl (C=O) groups is 1. The quantitative estimate of drug-likeness (QED) is 0.534. The molecule has 0 saturated carbocycles. The predicted octanol–water partition coefficient (Wildman–Crippen LogP) is 2.73. The Hall–Kier alpha value is -2.67. The summed E-state index contributed by atoms with van der Waals surface area (Å²) in [5.74, 6) is 0.580. The summed E-state index contributed by atoms with van der Waals surface area (Å²) in [4.78, 5) is 16.5. The van der Waals surface area contributed by atoms with Gasteiger partial charge in [-0.05, 0) is 51.8 Å². The van der Waals surface area contributed by atoms with Crippen LogP contribution in [0.3, 0.4) is 0 Å². The Morgan fingerprint density at radius 3 is 2.92 bits per heavy atom. The molecule has 0 aliphatic carbocycles. The number of hydrazone groups is 1. The summed E-state index contributed by atoms with van der Waals surface area (Å²) in [6.07, 6.45) is 1.65. The Balaban J connectivity index is 1.65. The van der Waals surface area contributed by atoms with E-state index in [0.29, 0.717) is 10.3 Å². The molecule has 0 bridgehead atoms. The number of amides is 1. The van der Waals surface area contributed by atoms with Gasteiger partial charge in [-0.15, -0.1) is 0 Å². The van der Waals surface area contributed by atoms with Gasteiger partial charge in [-0.25, -0.2) is 10.4 Å². The molecule has 122 valence electrons. The van der Waals surface area contributed by atoms with E-state index in [4.69, 9.17) is 0 Å². The van der Waals surface area contributed by atoms with Crippen LogP contribution in [0.5, 0.6) is 5.75 Å². The van der Waals surface area contributed by atoms with Crippen molar-refractivity contribution < 1.29 is 9.90 Å². The van der Waals surface area contributed by atoms with E-state index in [2.05, 4.69) is 31.4 Å². The molecule has 1 aromatic heterocycles. The zero-order chi connectivity index (χ0) is 17.1. The van der Waals surface area contributed by atoms with Crippen LogP contribution in [0.15, 0.2) is 52.0 Å². The van der Waals surface area contributed by atoms with Crippen LogP contribution in [0.4, 0.5) is 0 Å². The van der Waals surface area contributed by atoms with Crippen molar-refractivity contribution in [1.29, 1.82) is 0 Å². The van der Waals surface area contributed by atoms with Crippen molar-refractivity contribution in [2.75, 3.05) is 0 Å². The summed E-state index contributed by atoms with van der Waals surface area (Å²) in [5, 5.41) is 13.4. The predicted molar refractivity (Wildman–Crippen MR) is 96.0 cm³/mol. The second-order valence-electron chi connectivity index (χ2n) is 5.26. The number of hydrogen-bond acceptors (Lipinski definition) is 4. The number of nitrogens with zero attached hydrogens (tertiary/aromatic N) is 3. The van der Waals surface area contributed by atoms with Crippen LogP contribution in [0.1, 0.15) is 11.4 Å². The van der Waals surface area contributed by atoms with E-state index in [1.807, 2.05) is 35.9 Å². The molecule has 2 N–H and O–H groups in total. The molecule has 0 aliphatic heterocycles. The third-order valence-corrected chi connectivity index (χ3v) is 4.21. The molecular weight excluding hydrogens is 372 g/mol. The summed E-state index contributed by atoms with van der Waals surface area (Å²) >= 11 is 3.23. The van der Waals surface area contributed by atoms with Crippen molar-refractivity contribution in [3.63, 3.8) is 0 Å². The Kier molecular flexibility index (Phi) is 4.61. The van der Waals surface area contributed by atoms with Gasteiger partial charge in [0.15, 0.2) is 0 Å². The van der Waals surface area contributed by atoms with Crippen LogP contribution in [0.2, 0.25) is 0 Å². The summed E-state index contributed by atoms with van der Waals surface area (Å²) in [6, 6.07) is 12.7. The van der Waals surface area contributed by atoms with Gasteiger partial charge in [0.1, 0.15) is 11.6 Å². The number of hydrogen-bond donors (Lipinski definition) is 2. The van der Waals surface area contributed by atoms with E-state index >= 15 is 0 Å². The molecule has 7 heteroatoms. The third kappa shape index (κ3) is 3.46. The van der Waals surface area contributed by atoms with Gasteiger partial charge >= 0.3 is 0 Å². The molecule has 1 amide bonds. The fourth-order valence-electron chi connectivity index (χ4n) is 2.32. The fraction of sp³-hybridized carbons (Fsp3) is 0.118. The molecule has 0 atom stereocenters. The smallest absolute Gasteiger partial charge is 0.247 e. The van der Waals surface area contributed by atoms with Crippen LogP contribution >= 0.6 is 15.9 Å². The molecule has 3 rings (SSSR count). The maximum atomic E-state index is 12.0. The number of phenols is 1. The first-order chi connectivity index (χ1) is 11.5. The highest BCUT2D eigenvalue weighted by Crippen LogP contribution is 2.23. The molecule has 2 aromatic carbocycles. The standard InChI is InChI=1S/C17H15BrN4O2/c1-22-14-5-3-2-4-13(14)20-16(22)9-17(24)21-19-10-11-6-7-15(23)12(18)8-11/h2-8,10,23H,9H2,1H3,(H,21,24). The van der Waals surface area contributed by atoms with Gasteiger partial charge < -0.3 is 9.67 Å². The van der Waals surface area contributed by atoms with E-state index < -0.39 is 0 Å². The van der Waals surface area contributed by atoms with Crippen molar-refractivity contribution in [2.45, 2.75) is 6.42 Å². The van der Waals surface area contributed by atoms with Crippen molar-refractivity contribution in [1.82, 2.24) is 15.0 Å². The number of carbonyl (C=O) groups excluding carboxylic acids is 1. The lowest BCUT2D eigenvalue weighted by molar-refractivity contribution is -0.120. The van der Waals surface area contributed by atoms with Gasteiger partial charge in [0.2, 0.25) is 5.91 Å². The van der Waals surface area contributed by atoms with E-state index in [1.165, 1.54) is 6.21 Å². The average Bonchev–Trinajstić information content (AvgIpc) is 2.87. The highest BCUT2D eigenvalue weighted by atomic mass is 79.9. The number of fused-ring (bicyclic) bond motifs is 1. The van der Waals surface area contributed by atoms with Crippen molar-refractivity contribution in [3.8, 4) is 5.75 Å². The molecular formula is C17H15BrN4O2. The lowest BCUT2D eigenvalue weighted by atomic mass is 10.2.